The summed E-state index contributed by atoms with van der Waals surface area (Å²) in [6, 6.07) is 8.53. The zero-order valence-electron chi connectivity index (χ0n) is 13.4. The number of anilines is 2. The predicted octanol–water partition coefficient (Wildman–Crippen LogP) is 2.09. The van der Waals surface area contributed by atoms with Gasteiger partial charge in [-0.3, -0.25) is 9.10 Å². The summed E-state index contributed by atoms with van der Waals surface area (Å²) < 4.78 is 30.5. The number of aryl methyl sites for hydroxylation is 1. The zero-order chi connectivity index (χ0) is 17.2. The third-order valence-electron chi connectivity index (χ3n) is 3.81. The van der Waals surface area contributed by atoms with E-state index in [2.05, 4.69) is 10.5 Å². The van der Waals surface area contributed by atoms with E-state index in [1.165, 1.54) is 4.31 Å². The highest BCUT2D eigenvalue weighted by Crippen LogP contribution is 2.24. The molecule has 128 valence electrons. The van der Waals surface area contributed by atoms with Gasteiger partial charge in [0.15, 0.2) is 0 Å². The fraction of sp³-hybridized carbons (Fsp3) is 0.375. The van der Waals surface area contributed by atoms with Crippen LogP contribution in [0.1, 0.15) is 24.3 Å². The molecule has 0 spiro atoms. The quantitative estimate of drug-likeness (QED) is 0.912. The number of aromatic nitrogens is 1. The van der Waals surface area contributed by atoms with Gasteiger partial charge in [-0.05, 0) is 44.0 Å². The Bertz CT molecular complexity index is 827. The van der Waals surface area contributed by atoms with E-state index in [-0.39, 0.29) is 18.1 Å². The summed E-state index contributed by atoms with van der Waals surface area (Å²) in [6.07, 6.45) is 1.68. The fourth-order valence-electron chi connectivity index (χ4n) is 2.66. The summed E-state index contributed by atoms with van der Waals surface area (Å²) in [5.41, 5.74) is 1.80. The van der Waals surface area contributed by atoms with Gasteiger partial charge in [0.2, 0.25) is 15.9 Å². The highest BCUT2D eigenvalue weighted by molar-refractivity contribution is 7.92. The van der Waals surface area contributed by atoms with E-state index in [0.717, 1.165) is 6.42 Å². The third kappa shape index (κ3) is 3.76. The van der Waals surface area contributed by atoms with Crippen molar-refractivity contribution >= 4 is 27.3 Å². The normalized spacial score (nSPS) is 16.8. The highest BCUT2D eigenvalue weighted by Gasteiger charge is 2.25. The Hall–Kier alpha value is -2.35. The molecule has 1 aliphatic rings. The summed E-state index contributed by atoms with van der Waals surface area (Å²) in [5.74, 6) is 0.634. The molecule has 2 heterocycles. The molecule has 24 heavy (non-hydrogen) atoms. The van der Waals surface area contributed by atoms with E-state index in [9.17, 15) is 13.2 Å². The van der Waals surface area contributed by atoms with Crippen LogP contribution in [-0.4, -0.2) is 31.8 Å². The first kappa shape index (κ1) is 16.5. The van der Waals surface area contributed by atoms with Crippen molar-refractivity contribution < 1.29 is 17.7 Å². The van der Waals surface area contributed by atoms with Gasteiger partial charge in [-0.15, -0.1) is 0 Å². The smallest absolute Gasteiger partial charge is 0.235 e. The minimum absolute atomic E-state index is 0.125. The molecule has 1 aromatic heterocycles. The molecule has 1 saturated heterocycles. The van der Waals surface area contributed by atoms with Gasteiger partial charge >= 0.3 is 0 Å². The number of benzene rings is 1. The van der Waals surface area contributed by atoms with Crippen LogP contribution in [0.25, 0.3) is 0 Å². The lowest BCUT2D eigenvalue weighted by Crippen LogP contribution is -2.37. The van der Waals surface area contributed by atoms with Crippen LogP contribution >= 0.6 is 0 Å². The number of hydrogen-bond donors (Lipinski definition) is 1. The van der Waals surface area contributed by atoms with Gasteiger partial charge in [0.25, 0.3) is 0 Å². The van der Waals surface area contributed by atoms with E-state index < -0.39 is 10.0 Å². The van der Waals surface area contributed by atoms with Crippen molar-refractivity contribution in [1.82, 2.24) is 5.16 Å². The maximum Gasteiger partial charge on any atom is 0.235 e. The molecule has 1 aromatic carbocycles. The molecule has 1 amide bonds. The number of sulfonamides is 1. The Labute approximate surface area is 140 Å². The molecule has 0 atom stereocenters. The Morgan fingerprint density at radius 1 is 1.29 bits per heavy atom. The van der Waals surface area contributed by atoms with Gasteiger partial charge in [0, 0.05) is 18.3 Å². The number of nitrogens with one attached hydrogen (secondary N) is 1. The number of carbonyl (C=O) groups excluding carboxylic acids is 1. The number of nitrogens with zero attached hydrogens (tertiary/aromatic N) is 2. The predicted molar refractivity (Wildman–Crippen MR) is 90.4 cm³/mol. The lowest BCUT2D eigenvalue weighted by atomic mass is 10.2. The summed E-state index contributed by atoms with van der Waals surface area (Å²) in [6.45, 7) is 2.27. The molecule has 0 bridgehead atoms. The van der Waals surface area contributed by atoms with Crippen LogP contribution < -0.4 is 9.62 Å². The number of carbonyl (C=O) groups is 1. The summed E-state index contributed by atoms with van der Waals surface area (Å²) in [5, 5.41) is 6.54. The highest BCUT2D eigenvalue weighted by atomic mass is 32.2. The molecule has 0 aliphatic carbocycles. The zero-order valence-corrected chi connectivity index (χ0v) is 14.2. The van der Waals surface area contributed by atoms with E-state index in [1.54, 1.807) is 37.3 Å². The van der Waals surface area contributed by atoms with Crippen LogP contribution in [0.4, 0.5) is 11.4 Å². The van der Waals surface area contributed by atoms with Crippen molar-refractivity contribution in [2.75, 3.05) is 21.9 Å². The van der Waals surface area contributed by atoms with E-state index in [0.29, 0.717) is 35.8 Å². The Balaban J connectivity index is 1.65. The maximum atomic E-state index is 12.1. The lowest BCUT2D eigenvalue weighted by molar-refractivity contribution is -0.115. The second-order valence-electron chi connectivity index (χ2n) is 5.80. The molecule has 8 heteroatoms. The van der Waals surface area contributed by atoms with Gasteiger partial charge in [-0.25, -0.2) is 8.42 Å². The number of amides is 1. The monoisotopic (exact) mass is 349 g/mol. The van der Waals surface area contributed by atoms with Crippen LogP contribution in [0.5, 0.6) is 0 Å². The van der Waals surface area contributed by atoms with Gasteiger partial charge in [-0.2, -0.15) is 0 Å². The molecular weight excluding hydrogens is 330 g/mol. The van der Waals surface area contributed by atoms with Gasteiger partial charge in [0.1, 0.15) is 5.76 Å². The third-order valence-corrected chi connectivity index (χ3v) is 5.68. The van der Waals surface area contributed by atoms with Gasteiger partial charge < -0.3 is 9.84 Å². The first-order valence-electron chi connectivity index (χ1n) is 7.76. The van der Waals surface area contributed by atoms with E-state index in [4.69, 9.17) is 4.52 Å². The second-order valence-corrected chi connectivity index (χ2v) is 7.81. The van der Waals surface area contributed by atoms with Crippen LogP contribution in [0.2, 0.25) is 0 Å². The minimum Gasteiger partial charge on any atom is -0.361 e. The number of hydrogen-bond acceptors (Lipinski definition) is 5. The van der Waals surface area contributed by atoms with Crippen LogP contribution in [0, 0.1) is 6.92 Å². The largest absolute Gasteiger partial charge is 0.361 e. The molecule has 7 nitrogen and oxygen atoms in total. The fourth-order valence-corrected chi connectivity index (χ4v) is 4.30. The molecule has 2 aromatic rings. The standard InChI is InChI=1S/C16H19N3O4S/c1-12-10-14(18-23-12)11-16(20)17-13-4-6-15(7-5-13)19-8-2-3-9-24(19,21)22/h4-7,10H,2-3,8-9,11H2,1H3,(H,17,20). The summed E-state index contributed by atoms with van der Waals surface area (Å²) >= 11 is 0. The summed E-state index contributed by atoms with van der Waals surface area (Å²) in [4.78, 5) is 12.0. The Morgan fingerprint density at radius 3 is 2.67 bits per heavy atom. The number of rotatable bonds is 4. The molecule has 0 unspecified atom stereocenters. The lowest BCUT2D eigenvalue weighted by Gasteiger charge is -2.28. The van der Waals surface area contributed by atoms with Gasteiger partial charge in [0.05, 0.1) is 23.6 Å². The molecular formula is C16H19N3O4S. The first-order chi connectivity index (χ1) is 11.4. The molecule has 1 fully saturated rings. The Morgan fingerprint density at radius 2 is 2.04 bits per heavy atom. The minimum atomic E-state index is -3.22. The van der Waals surface area contributed by atoms with Gasteiger partial charge in [-0.1, -0.05) is 5.16 Å². The van der Waals surface area contributed by atoms with Crippen molar-refractivity contribution in [3.8, 4) is 0 Å². The first-order valence-corrected chi connectivity index (χ1v) is 9.37. The van der Waals surface area contributed by atoms with E-state index in [1.807, 2.05) is 0 Å². The second kappa shape index (κ2) is 6.64. The van der Waals surface area contributed by atoms with Crippen LogP contribution in [-0.2, 0) is 21.2 Å². The molecule has 0 radical (unpaired) electrons. The average molecular weight is 349 g/mol. The van der Waals surface area contributed by atoms with Crippen molar-refractivity contribution in [2.24, 2.45) is 0 Å². The van der Waals surface area contributed by atoms with Crippen molar-refractivity contribution in [1.29, 1.82) is 0 Å². The molecule has 3 rings (SSSR count). The summed E-state index contributed by atoms with van der Waals surface area (Å²) in [7, 11) is -3.22. The maximum absolute atomic E-state index is 12.1. The van der Waals surface area contributed by atoms with Crippen molar-refractivity contribution in [2.45, 2.75) is 26.2 Å². The van der Waals surface area contributed by atoms with Crippen molar-refractivity contribution in [3.63, 3.8) is 0 Å². The van der Waals surface area contributed by atoms with Crippen LogP contribution in [0.3, 0.4) is 0 Å². The average Bonchev–Trinajstić information content (AvgIpc) is 2.93. The molecule has 0 saturated carbocycles. The molecule has 1 N–H and O–H groups in total. The SMILES string of the molecule is Cc1cc(CC(=O)Nc2ccc(N3CCCCS3(=O)=O)cc2)no1. The topological polar surface area (TPSA) is 92.5 Å². The van der Waals surface area contributed by atoms with Crippen molar-refractivity contribution in [3.05, 3.63) is 41.8 Å². The van der Waals surface area contributed by atoms with E-state index >= 15 is 0 Å². The molecule has 1 aliphatic heterocycles. The Kier molecular flexibility index (Phi) is 4.57. The van der Waals surface area contributed by atoms with Crippen LogP contribution in [0.15, 0.2) is 34.9 Å².